The summed E-state index contributed by atoms with van der Waals surface area (Å²) in [6.45, 7) is 1.27. The van der Waals surface area contributed by atoms with E-state index in [1.54, 1.807) is 29.2 Å². The van der Waals surface area contributed by atoms with Crippen molar-refractivity contribution < 1.29 is 22.8 Å². The first-order valence-electron chi connectivity index (χ1n) is 8.80. The lowest BCUT2D eigenvalue weighted by Crippen LogP contribution is -2.29. The van der Waals surface area contributed by atoms with Crippen LogP contribution in [-0.2, 0) is 11.0 Å². The fraction of sp³-hybridized carbons (Fsp3) is 0.316. The molecule has 0 aliphatic carbocycles. The quantitative estimate of drug-likeness (QED) is 0.741. The highest BCUT2D eigenvalue weighted by atomic mass is 19.4. The lowest BCUT2D eigenvalue weighted by Gasteiger charge is -2.15. The van der Waals surface area contributed by atoms with Crippen LogP contribution in [0.15, 0.2) is 42.6 Å². The van der Waals surface area contributed by atoms with Crippen LogP contribution in [0.2, 0.25) is 0 Å². The molecule has 1 aliphatic rings. The monoisotopic (exact) mass is 392 g/mol. The van der Waals surface area contributed by atoms with Crippen molar-refractivity contribution in [1.29, 1.82) is 0 Å². The lowest BCUT2D eigenvalue weighted by atomic mass is 10.2. The Morgan fingerprint density at radius 2 is 1.86 bits per heavy atom. The molecule has 2 amide bonds. The van der Waals surface area contributed by atoms with Gasteiger partial charge in [0.2, 0.25) is 5.91 Å². The number of anilines is 2. The van der Waals surface area contributed by atoms with Crippen molar-refractivity contribution in [3.63, 3.8) is 0 Å². The molecule has 1 aromatic carbocycles. The highest BCUT2D eigenvalue weighted by Gasteiger charge is 2.30. The maximum atomic E-state index is 12.5. The molecule has 1 fully saturated rings. The van der Waals surface area contributed by atoms with Gasteiger partial charge in [-0.2, -0.15) is 13.2 Å². The van der Waals surface area contributed by atoms with Crippen LogP contribution < -0.4 is 15.5 Å². The summed E-state index contributed by atoms with van der Waals surface area (Å²) in [5.41, 5.74) is 0.419. The molecule has 0 radical (unpaired) electrons. The van der Waals surface area contributed by atoms with E-state index in [2.05, 4.69) is 15.6 Å². The number of nitrogens with one attached hydrogen (secondary N) is 2. The number of pyridine rings is 1. The molecule has 6 nitrogen and oxygen atoms in total. The molecule has 28 heavy (non-hydrogen) atoms. The van der Waals surface area contributed by atoms with E-state index < -0.39 is 11.7 Å². The van der Waals surface area contributed by atoms with Crippen LogP contribution in [0.1, 0.15) is 28.8 Å². The summed E-state index contributed by atoms with van der Waals surface area (Å²) >= 11 is 0. The van der Waals surface area contributed by atoms with Gasteiger partial charge in [-0.05, 0) is 42.8 Å². The average molecular weight is 392 g/mol. The van der Waals surface area contributed by atoms with E-state index in [-0.39, 0.29) is 18.4 Å². The second kappa shape index (κ2) is 8.28. The Morgan fingerprint density at radius 3 is 2.43 bits per heavy atom. The van der Waals surface area contributed by atoms with Crippen molar-refractivity contribution in [2.24, 2.45) is 0 Å². The molecule has 148 valence electrons. The van der Waals surface area contributed by atoms with E-state index in [0.29, 0.717) is 30.9 Å². The van der Waals surface area contributed by atoms with Crippen LogP contribution in [0.5, 0.6) is 0 Å². The second-order valence-electron chi connectivity index (χ2n) is 6.31. The number of carbonyl (C=O) groups excluding carboxylic acids is 2. The molecule has 0 saturated carbocycles. The topological polar surface area (TPSA) is 74.3 Å². The SMILES string of the molecule is O=C(NCCNc1ccc(C(F)(F)F)cn1)c1ccc(N2CCCC2=O)cc1. The second-order valence-corrected chi connectivity index (χ2v) is 6.31. The van der Waals surface area contributed by atoms with Gasteiger partial charge in [-0.3, -0.25) is 9.59 Å². The van der Waals surface area contributed by atoms with Gasteiger partial charge in [0, 0.05) is 43.5 Å². The number of halogens is 3. The summed E-state index contributed by atoms with van der Waals surface area (Å²) < 4.78 is 37.4. The molecular formula is C19H19F3N4O2. The van der Waals surface area contributed by atoms with Crippen molar-refractivity contribution >= 4 is 23.3 Å². The Labute approximate surface area is 159 Å². The number of rotatable bonds is 6. The number of nitrogens with zero attached hydrogens (tertiary/aromatic N) is 2. The third-order valence-corrected chi connectivity index (χ3v) is 4.32. The molecule has 0 unspecified atom stereocenters. The number of benzene rings is 1. The van der Waals surface area contributed by atoms with Gasteiger partial charge < -0.3 is 15.5 Å². The zero-order valence-electron chi connectivity index (χ0n) is 14.9. The fourth-order valence-corrected chi connectivity index (χ4v) is 2.85. The normalized spacial score (nSPS) is 14.2. The summed E-state index contributed by atoms with van der Waals surface area (Å²) in [6, 6.07) is 8.97. The molecule has 1 aliphatic heterocycles. The Bertz CT molecular complexity index is 836. The lowest BCUT2D eigenvalue weighted by molar-refractivity contribution is -0.137. The Balaban J connectivity index is 1.45. The van der Waals surface area contributed by atoms with Gasteiger partial charge in [-0.15, -0.1) is 0 Å². The molecule has 0 atom stereocenters. The van der Waals surface area contributed by atoms with Crippen LogP contribution in [-0.4, -0.2) is 36.4 Å². The third kappa shape index (κ3) is 4.79. The first-order valence-corrected chi connectivity index (χ1v) is 8.80. The molecule has 9 heteroatoms. The number of hydrogen-bond donors (Lipinski definition) is 2. The predicted molar refractivity (Wildman–Crippen MR) is 98.1 cm³/mol. The Hall–Kier alpha value is -3.10. The summed E-state index contributed by atoms with van der Waals surface area (Å²) in [7, 11) is 0. The smallest absolute Gasteiger partial charge is 0.368 e. The number of alkyl halides is 3. The fourth-order valence-electron chi connectivity index (χ4n) is 2.85. The third-order valence-electron chi connectivity index (χ3n) is 4.32. The van der Waals surface area contributed by atoms with Gasteiger partial charge in [0.05, 0.1) is 5.56 Å². The molecule has 2 aromatic rings. The van der Waals surface area contributed by atoms with Gasteiger partial charge in [0.1, 0.15) is 5.82 Å². The molecular weight excluding hydrogens is 373 g/mol. The number of carbonyl (C=O) groups is 2. The van der Waals surface area contributed by atoms with Crippen LogP contribution in [0.25, 0.3) is 0 Å². The molecule has 0 spiro atoms. The van der Waals surface area contributed by atoms with Crippen LogP contribution in [0.3, 0.4) is 0 Å². The Morgan fingerprint density at radius 1 is 1.11 bits per heavy atom. The molecule has 1 aromatic heterocycles. The molecule has 2 N–H and O–H groups in total. The van der Waals surface area contributed by atoms with E-state index in [1.807, 2.05) is 0 Å². The first-order chi connectivity index (χ1) is 13.3. The van der Waals surface area contributed by atoms with Crippen molar-refractivity contribution in [1.82, 2.24) is 10.3 Å². The summed E-state index contributed by atoms with van der Waals surface area (Å²) in [4.78, 5) is 29.3. The van der Waals surface area contributed by atoms with Crippen LogP contribution in [0.4, 0.5) is 24.7 Å². The minimum atomic E-state index is -4.42. The van der Waals surface area contributed by atoms with Crippen LogP contribution >= 0.6 is 0 Å². The van der Waals surface area contributed by atoms with Gasteiger partial charge in [0.25, 0.3) is 5.91 Å². The predicted octanol–water partition coefficient (Wildman–Crippen LogP) is 3.07. The van der Waals surface area contributed by atoms with E-state index in [9.17, 15) is 22.8 Å². The molecule has 0 bridgehead atoms. The zero-order chi connectivity index (χ0) is 20.1. The molecule has 3 rings (SSSR count). The number of hydrogen-bond acceptors (Lipinski definition) is 4. The highest BCUT2D eigenvalue weighted by molar-refractivity contribution is 5.97. The van der Waals surface area contributed by atoms with Gasteiger partial charge >= 0.3 is 6.18 Å². The minimum absolute atomic E-state index is 0.0835. The van der Waals surface area contributed by atoms with E-state index in [1.165, 1.54) is 6.07 Å². The average Bonchev–Trinajstić information content (AvgIpc) is 3.11. The Kier molecular flexibility index (Phi) is 5.81. The van der Waals surface area contributed by atoms with Gasteiger partial charge in [-0.1, -0.05) is 0 Å². The summed E-state index contributed by atoms with van der Waals surface area (Å²) in [5.74, 6) is 0.100. The largest absolute Gasteiger partial charge is 0.417 e. The number of aromatic nitrogens is 1. The van der Waals surface area contributed by atoms with Crippen molar-refractivity contribution in [2.45, 2.75) is 19.0 Å². The highest BCUT2D eigenvalue weighted by Crippen LogP contribution is 2.28. The summed E-state index contributed by atoms with van der Waals surface area (Å²) in [5, 5.41) is 5.56. The standard InChI is InChI=1S/C19H19F3N4O2/c20-19(21,22)14-5-8-16(25-12-14)23-9-10-24-18(28)13-3-6-15(7-4-13)26-11-1-2-17(26)27/h3-8,12H,1-2,9-11H2,(H,23,25)(H,24,28). The van der Waals surface area contributed by atoms with E-state index in [0.717, 1.165) is 24.4 Å². The van der Waals surface area contributed by atoms with Crippen molar-refractivity contribution in [3.05, 3.63) is 53.7 Å². The maximum Gasteiger partial charge on any atom is 0.417 e. The maximum absolute atomic E-state index is 12.5. The van der Waals surface area contributed by atoms with E-state index in [4.69, 9.17) is 0 Å². The number of amides is 2. The van der Waals surface area contributed by atoms with Crippen LogP contribution in [0, 0.1) is 0 Å². The van der Waals surface area contributed by atoms with Gasteiger partial charge in [-0.25, -0.2) is 4.98 Å². The van der Waals surface area contributed by atoms with Crippen molar-refractivity contribution in [2.75, 3.05) is 29.9 Å². The van der Waals surface area contributed by atoms with Gasteiger partial charge in [0.15, 0.2) is 0 Å². The first kappa shape index (κ1) is 19.7. The van der Waals surface area contributed by atoms with Crippen molar-refractivity contribution in [3.8, 4) is 0 Å². The zero-order valence-corrected chi connectivity index (χ0v) is 14.9. The minimum Gasteiger partial charge on any atom is -0.368 e. The molecule has 2 heterocycles. The summed E-state index contributed by atoms with van der Waals surface area (Å²) in [6.07, 6.45) is -2.28. The molecule has 1 saturated heterocycles. The van der Waals surface area contributed by atoms with E-state index >= 15 is 0 Å².